The van der Waals surface area contributed by atoms with Crippen LogP contribution >= 0.6 is 11.8 Å². The van der Waals surface area contributed by atoms with Crippen molar-refractivity contribution in [3.8, 4) is 0 Å². The third-order valence-corrected chi connectivity index (χ3v) is 5.03. The van der Waals surface area contributed by atoms with Crippen molar-refractivity contribution in [2.75, 3.05) is 22.5 Å². The number of carbonyl (C=O) groups is 1. The highest BCUT2D eigenvalue weighted by Gasteiger charge is 2.26. The molecule has 27 heavy (non-hydrogen) atoms. The van der Waals surface area contributed by atoms with Gasteiger partial charge in [0.15, 0.2) is 5.16 Å². The molecule has 1 amide bonds. The Kier molecular flexibility index (Phi) is 4.76. The number of nitrogens with zero attached hydrogens (tertiary/aromatic N) is 4. The van der Waals surface area contributed by atoms with Crippen molar-refractivity contribution in [3.05, 3.63) is 60.2 Å². The molecule has 138 valence electrons. The van der Waals surface area contributed by atoms with Crippen LogP contribution in [0.2, 0.25) is 0 Å². The van der Waals surface area contributed by atoms with E-state index in [0.717, 1.165) is 5.69 Å². The molecule has 0 aliphatic carbocycles. The zero-order valence-corrected chi connectivity index (χ0v) is 14.9. The van der Waals surface area contributed by atoms with Gasteiger partial charge in [0.25, 0.3) is 0 Å². The van der Waals surface area contributed by atoms with Crippen LogP contribution in [0, 0.1) is 11.6 Å². The Morgan fingerprint density at radius 2 is 1.89 bits per heavy atom. The number of nitrogens with one attached hydrogen (secondary N) is 1. The molecular weight excluding hydrogens is 372 g/mol. The van der Waals surface area contributed by atoms with E-state index in [2.05, 4.69) is 15.5 Å². The van der Waals surface area contributed by atoms with Gasteiger partial charge in [-0.1, -0.05) is 17.8 Å². The summed E-state index contributed by atoms with van der Waals surface area (Å²) in [5.41, 5.74) is 1.25. The number of halogens is 2. The molecule has 1 aliphatic rings. The maximum absolute atomic E-state index is 13.2. The fourth-order valence-electron chi connectivity index (χ4n) is 2.84. The first-order chi connectivity index (χ1) is 13.1. The minimum atomic E-state index is -0.406. The lowest BCUT2D eigenvalue weighted by Crippen LogP contribution is -2.15. The minimum Gasteiger partial charge on any atom is -0.325 e. The molecule has 1 aliphatic heterocycles. The molecule has 2 aromatic carbocycles. The molecular formula is C18H15F2N5OS. The molecule has 0 radical (unpaired) electrons. The number of thioether (sulfide) groups is 1. The van der Waals surface area contributed by atoms with Gasteiger partial charge >= 0.3 is 0 Å². The Morgan fingerprint density at radius 3 is 2.67 bits per heavy atom. The number of benzene rings is 2. The van der Waals surface area contributed by atoms with Crippen LogP contribution in [0.25, 0.3) is 0 Å². The molecule has 0 saturated heterocycles. The Morgan fingerprint density at radius 1 is 1.07 bits per heavy atom. The van der Waals surface area contributed by atoms with E-state index < -0.39 is 5.82 Å². The molecule has 0 saturated carbocycles. The van der Waals surface area contributed by atoms with Crippen LogP contribution in [0.15, 0.2) is 53.7 Å². The van der Waals surface area contributed by atoms with Crippen molar-refractivity contribution in [2.45, 2.75) is 11.7 Å². The Labute approximate surface area is 158 Å². The van der Waals surface area contributed by atoms with Crippen molar-refractivity contribution < 1.29 is 13.6 Å². The molecule has 9 heteroatoms. The van der Waals surface area contributed by atoms with E-state index in [1.165, 1.54) is 42.1 Å². The first-order valence-electron chi connectivity index (χ1n) is 8.25. The second-order valence-corrected chi connectivity index (χ2v) is 6.85. The molecule has 0 unspecified atom stereocenters. The summed E-state index contributed by atoms with van der Waals surface area (Å²) in [6, 6.07) is 11.9. The van der Waals surface area contributed by atoms with Gasteiger partial charge in [-0.2, -0.15) is 0 Å². The van der Waals surface area contributed by atoms with Gasteiger partial charge in [-0.25, -0.2) is 8.78 Å². The van der Waals surface area contributed by atoms with Gasteiger partial charge in [-0.05, 0) is 42.5 Å². The van der Waals surface area contributed by atoms with Crippen LogP contribution < -0.4 is 10.2 Å². The average molecular weight is 387 g/mol. The lowest BCUT2D eigenvalue weighted by molar-refractivity contribution is -0.113. The van der Waals surface area contributed by atoms with Gasteiger partial charge in [-0.3, -0.25) is 9.36 Å². The maximum Gasteiger partial charge on any atom is 0.234 e. The van der Waals surface area contributed by atoms with Crippen LogP contribution in [-0.2, 0) is 11.3 Å². The molecule has 1 N–H and O–H groups in total. The Hall–Kier alpha value is -2.94. The standard InChI is InChI=1S/C18H15F2N5OS/c19-12-4-6-15(7-5-12)24-8-9-25-17(24)22-23-18(25)27-11-16(26)21-14-3-1-2-13(20)10-14/h1-7,10H,8-9,11H2,(H,21,26). The van der Waals surface area contributed by atoms with E-state index in [-0.39, 0.29) is 17.5 Å². The quantitative estimate of drug-likeness (QED) is 0.680. The lowest BCUT2D eigenvalue weighted by Gasteiger charge is -2.14. The van der Waals surface area contributed by atoms with Crippen LogP contribution in [0.5, 0.6) is 0 Å². The third-order valence-electron chi connectivity index (χ3n) is 4.06. The summed E-state index contributed by atoms with van der Waals surface area (Å²) in [6.07, 6.45) is 0. The van der Waals surface area contributed by atoms with Gasteiger partial charge < -0.3 is 10.2 Å². The van der Waals surface area contributed by atoms with Gasteiger partial charge in [0.2, 0.25) is 11.9 Å². The molecule has 2 heterocycles. The lowest BCUT2D eigenvalue weighted by atomic mass is 10.3. The van der Waals surface area contributed by atoms with Gasteiger partial charge in [-0.15, -0.1) is 10.2 Å². The number of hydrogen-bond acceptors (Lipinski definition) is 5. The topological polar surface area (TPSA) is 63.1 Å². The Bertz CT molecular complexity index is 976. The number of hydrogen-bond donors (Lipinski definition) is 1. The maximum atomic E-state index is 13.2. The third kappa shape index (κ3) is 3.77. The Balaban J connectivity index is 1.41. The number of anilines is 3. The zero-order valence-electron chi connectivity index (χ0n) is 14.1. The summed E-state index contributed by atoms with van der Waals surface area (Å²) in [5.74, 6) is -0.159. The predicted octanol–water partition coefficient (Wildman–Crippen LogP) is 3.44. The van der Waals surface area contributed by atoms with Gasteiger partial charge in [0.05, 0.1) is 5.75 Å². The second-order valence-electron chi connectivity index (χ2n) is 5.91. The molecule has 0 spiro atoms. The highest BCUT2D eigenvalue weighted by Crippen LogP contribution is 2.32. The molecule has 3 aromatic rings. The zero-order chi connectivity index (χ0) is 18.8. The van der Waals surface area contributed by atoms with E-state index in [0.29, 0.717) is 29.9 Å². The molecule has 4 rings (SSSR count). The number of rotatable bonds is 5. The van der Waals surface area contributed by atoms with Crippen molar-refractivity contribution in [3.63, 3.8) is 0 Å². The summed E-state index contributed by atoms with van der Waals surface area (Å²) < 4.78 is 28.2. The van der Waals surface area contributed by atoms with Gasteiger partial charge in [0, 0.05) is 24.5 Å². The van der Waals surface area contributed by atoms with Crippen LogP contribution in [0.3, 0.4) is 0 Å². The minimum absolute atomic E-state index is 0.130. The molecule has 6 nitrogen and oxygen atoms in total. The fourth-order valence-corrected chi connectivity index (χ4v) is 3.60. The number of carbonyl (C=O) groups excluding carboxylic acids is 1. The van der Waals surface area contributed by atoms with Crippen molar-refractivity contribution in [1.82, 2.24) is 14.8 Å². The van der Waals surface area contributed by atoms with Crippen LogP contribution in [0.4, 0.5) is 26.1 Å². The molecule has 0 fully saturated rings. The largest absolute Gasteiger partial charge is 0.325 e. The number of fused-ring (bicyclic) bond motifs is 1. The van der Waals surface area contributed by atoms with Crippen molar-refractivity contribution >= 4 is 35.0 Å². The van der Waals surface area contributed by atoms with Crippen LogP contribution in [-0.4, -0.2) is 33.0 Å². The highest BCUT2D eigenvalue weighted by molar-refractivity contribution is 7.99. The SMILES string of the molecule is O=C(CSc1nnc2n1CCN2c1ccc(F)cc1)Nc1cccc(F)c1. The van der Waals surface area contributed by atoms with E-state index in [1.54, 1.807) is 18.2 Å². The smallest absolute Gasteiger partial charge is 0.234 e. The predicted molar refractivity (Wildman–Crippen MR) is 99.2 cm³/mol. The molecule has 0 bridgehead atoms. The first kappa shape index (κ1) is 17.5. The summed E-state index contributed by atoms with van der Waals surface area (Å²) in [5, 5.41) is 11.6. The van der Waals surface area contributed by atoms with Crippen molar-refractivity contribution in [2.24, 2.45) is 0 Å². The van der Waals surface area contributed by atoms with Crippen molar-refractivity contribution in [1.29, 1.82) is 0 Å². The first-order valence-corrected chi connectivity index (χ1v) is 9.23. The number of aromatic nitrogens is 3. The highest BCUT2D eigenvalue weighted by atomic mass is 32.2. The van der Waals surface area contributed by atoms with Gasteiger partial charge in [0.1, 0.15) is 11.6 Å². The average Bonchev–Trinajstić information content (AvgIpc) is 3.23. The summed E-state index contributed by atoms with van der Waals surface area (Å²) in [4.78, 5) is 14.0. The fraction of sp³-hybridized carbons (Fsp3) is 0.167. The summed E-state index contributed by atoms with van der Waals surface area (Å²) >= 11 is 1.26. The normalized spacial score (nSPS) is 12.9. The monoisotopic (exact) mass is 387 g/mol. The summed E-state index contributed by atoms with van der Waals surface area (Å²) in [7, 11) is 0. The van der Waals surface area contributed by atoms with E-state index in [4.69, 9.17) is 0 Å². The van der Waals surface area contributed by atoms with E-state index in [9.17, 15) is 13.6 Å². The molecule has 0 atom stereocenters. The number of amides is 1. The summed E-state index contributed by atoms with van der Waals surface area (Å²) in [6.45, 7) is 1.37. The van der Waals surface area contributed by atoms with Crippen LogP contribution in [0.1, 0.15) is 0 Å². The second kappa shape index (κ2) is 7.36. The van der Waals surface area contributed by atoms with E-state index in [1.807, 2.05) is 9.47 Å². The van der Waals surface area contributed by atoms with E-state index >= 15 is 0 Å². The molecule has 1 aromatic heterocycles.